The topological polar surface area (TPSA) is 63.1 Å². The maximum absolute atomic E-state index is 13.0. The van der Waals surface area contributed by atoms with Gasteiger partial charge in [-0.15, -0.1) is 11.8 Å². The lowest BCUT2D eigenvalue weighted by molar-refractivity contribution is -0.137. The van der Waals surface area contributed by atoms with Crippen LogP contribution in [0.1, 0.15) is 19.4 Å². The molecule has 5 nitrogen and oxygen atoms in total. The van der Waals surface area contributed by atoms with Gasteiger partial charge in [0.05, 0.1) is 20.6 Å². The summed E-state index contributed by atoms with van der Waals surface area (Å²) in [5, 5.41) is 4.42. The van der Waals surface area contributed by atoms with Crippen molar-refractivity contribution in [1.82, 2.24) is 9.29 Å². The third-order valence-corrected chi connectivity index (χ3v) is 5.83. The number of alkyl halides is 3. The summed E-state index contributed by atoms with van der Waals surface area (Å²) in [6.45, 7) is 10.9. The van der Waals surface area contributed by atoms with Crippen molar-refractivity contribution in [3.05, 3.63) is 92.5 Å². The quantitative estimate of drug-likeness (QED) is 0.298. The van der Waals surface area contributed by atoms with Crippen molar-refractivity contribution < 1.29 is 18.0 Å². The number of benzene rings is 2. The number of pyridine rings is 1. The van der Waals surface area contributed by atoms with Crippen LogP contribution in [0.25, 0.3) is 16.5 Å². The number of halogens is 5. The van der Waals surface area contributed by atoms with Crippen molar-refractivity contribution in [2.75, 3.05) is 11.6 Å². The van der Waals surface area contributed by atoms with Crippen LogP contribution in [0.3, 0.4) is 0 Å². The van der Waals surface area contributed by atoms with Gasteiger partial charge in [-0.2, -0.15) is 13.2 Å². The average Bonchev–Trinajstić information content (AvgIpc) is 2.84. The van der Waals surface area contributed by atoms with Gasteiger partial charge in [0.15, 0.2) is 0 Å². The fourth-order valence-electron chi connectivity index (χ4n) is 2.64. The van der Waals surface area contributed by atoms with E-state index in [1.165, 1.54) is 53.7 Å². The molecule has 0 atom stereocenters. The van der Waals surface area contributed by atoms with E-state index < -0.39 is 23.3 Å². The molecule has 0 bridgehead atoms. The highest BCUT2D eigenvalue weighted by Gasteiger charge is 2.30. The van der Waals surface area contributed by atoms with Crippen LogP contribution in [0.15, 0.2) is 76.4 Å². The molecule has 194 valence electrons. The molecule has 0 spiro atoms. The summed E-state index contributed by atoms with van der Waals surface area (Å²) in [6, 6.07) is 8.45. The largest absolute Gasteiger partial charge is 0.416 e. The lowest BCUT2D eigenvalue weighted by Gasteiger charge is -2.12. The number of amides is 2. The number of nitrogens with one attached hydrogen (secondary N) is 2. The van der Waals surface area contributed by atoms with Crippen molar-refractivity contribution in [2.45, 2.75) is 20.0 Å². The van der Waals surface area contributed by atoms with Gasteiger partial charge in [-0.05, 0) is 65.4 Å². The van der Waals surface area contributed by atoms with Crippen LogP contribution >= 0.6 is 46.9 Å². The van der Waals surface area contributed by atoms with Crippen molar-refractivity contribution in [2.24, 2.45) is 0 Å². The predicted molar refractivity (Wildman–Crippen MR) is 149 cm³/mol. The highest BCUT2D eigenvalue weighted by atomic mass is 35.5. The highest BCUT2D eigenvalue weighted by Crippen LogP contribution is 2.31. The van der Waals surface area contributed by atoms with Gasteiger partial charge in [-0.25, -0.2) is 4.79 Å². The van der Waals surface area contributed by atoms with E-state index >= 15 is 0 Å². The van der Waals surface area contributed by atoms with Crippen molar-refractivity contribution >= 4 is 69.4 Å². The molecule has 0 aliphatic carbocycles. The van der Waals surface area contributed by atoms with E-state index in [1.54, 1.807) is 0 Å². The Morgan fingerprint density at radius 1 is 1.14 bits per heavy atom. The summed E-state index contributed by atoms with van der Waals surface area (Å²) >= 11 is 13.9. The first-order valence-corrected chi connectivity index (χ1v) is 13.1. The van der Waals surface area contributed by atoms with Crippen molar-refractivity contribution in [3.8, 4) is 5.69 Å². The van der Waals surface area contributed by atoms with Gasteiger partial charge in [0.25, 0.3) is 5.56 Å². The minimum atomic E-state index is -4.56. The molecule has 36 heavy (non-hydrogen) atoms. The number of hydrogen-bond donors (Lipinski definition) is 2. The lowest BCUT2D eigenvalue weighted by Crippen LogP contribution is -2.22. The second-order valence-corrected chi connectivity index (χ2v) is 9.12. The summed E-state index contributed by atoms with van der Waals surface area (Å²) in [7, 11) is 0. The van der Waals surface area contributed by atoms with Crippen LogP contribution in [0.5, 0.6) is 0 Å². The number of thioether (sulfide) groups is 1. The lowest BCUT2D eigenvalue weighted by atomic mass is 10.1. The molecule has 0 radical (unpaired) electrons. The van der Waals surface area contributed by atoms with E-state index in [-0.39, 0.29) is 16.1 Å². The van der Waals surface area contributed by atoms with Crippen LogP contribution < -0.4 is 15.6 Å². The molecule has 12 heteroatoms. The number of carbonyl (C=O) groups excluding carboxylic acids is 1. The summed E-state index contributed by atoms with van der Waals surface area (Å²) in [4.78, 5) is 24.5. The maximum atomic E-state index is 13.0. The SMILES string of the molecule is C=C(Cl)SC.C=CSNC(=O)Nc1ccc(-n2ccc3ccc(C(F)(F)F)cc3c2=O)c(Cl)c1.CC. The Kier molecular flexibility index (Phi) is 13.0. The van der Waals surface area contributed by atoms with Gasteiger partial charge in [0.2, 0.25) is 0 Å². The van der Waals surface area contributed by atoms with Crippen LogP contribution in [-0.4, -0.2) is 16.9 Å². The Hall–Kier alpha value is -2.53. The van der Waals surface area contributed by atoms with Crippen molar-refractivity contribution in [3.63, 3.8) is 0 Å². The molecule has 1 heterocycles. The molecule has 0 saturated heterocycles. The minimum Gasteiger partial charge on any atom is -0.307 e. The van der Waals surface area contributed by atoms with Gasteiger partial charge in [-0.3, -0.25) is 14.1 Å². The van der Waals surface area contributed by atoms with Crippen LogP contribution in [-0.2, 0) is 6.18 Å². The number of nitrogens with zero attached hydrogens (tertiary/aromatic N) is 1. The number of hydrogen-bond acceptors (Lipinski definition) is 4. The predicted octanol–water partition coefficient (Wildman–Crippen LogP) is 8.66. The Balaban J connectivity index is 0.000000826. The van der Waals surface area contributed by atoms with Gasteiger partial charge in [-0.1, -0.05) is 56.3 Å². The highest BCUT2D eigenvalue weighted by molar-refractivity contribution is 8.03. The molecular formula is C24H24Cl2F3N3O2S2. The zero-order valence-corrected chi connectivity index (χ0v) is 22.7. The molecular weight excluding hydrogens is 554 g/mol. The summed E-state index contributed by atoms with van der Waals surface area (Å²) in [5.74, 6) is 0. The van der Waals surface area contributed by atoms with E-state index in [0.717, 1.165) is 28.6 Å². The first-order chi connectivity index (χ1) is 17.0. The van der Waals surface area contributed by atoms with Gasteiger partial charge < -0.3 is 5.32 Å². The number of carbonyl (C=O) groups is 1. The monoisotopic (exact) mass is 577 g/mol. The molecule has 1 aromatic heterocycles. The smallest absolute Gasteiger partial charge is 0.307 e. The molecule has 2 aromatic carbocycles. The number of urea groups is 1. The number of rotatable bonds is 5. The first-order valence-electron chi connectivity index (χ1n) is 10.2. The molecule has 2 N–H and O–H groups in total. The third kappa shape index (κ3) is 9.16. The fraction of sp³-hybridized carbons (Fsp3) is 0.167. The van der Waals surface area contributed by atoms with E-state index in [1.807, 2.05) is 20.1 Å². The van der Waals surface area contributed by atoms with E-state index in [2.05, 4.69) is 23.2 Å². The molecule has 2 amide bonds. The van der Waals surface area contributed by atoms with Crippen LogP contribution in [0.2, 0.25) is 5.02 Å². The Morgan fingerprint density at radius 3 is 2.31 bits per heavy atom. The zero-order valence-electron chi connectivity index (χ0n) is 19.6. The molecule has 0 fully saturated rings. The summed E-state index contributed by atoms with van der Waals surface area (Å²) in [6.07, 6.45) is -1.24. The van der Waals surface area contributed by atoms with E-state index in [9.17, 15) is 22.8 Å². The average molecular weight is 579 g/mol. The minimum absolute atomic E-state index is 0.0820. The fourth-order valence-corrected chi connectivity index (χ4v) is 3.15. The Labute approximate surface area is 225 Å². The van der Waals surface area contributed by atoms with Gasteiger partial charge in [0.1, 0.15) is 0 Å². The van der Waals surface area contributed by atoms with Gasteiger partial charge in [0, 0.05) is 17.3 Å². The zero-order chi connectivity index (χ0) is 27.5. The number of aromatic nitrogens is 1. The van der Waals surface area contributed by atoms with Gasteiger partial charge >= 0.3 is 12.2 Å². The second-order valence-electron chi connectivity index (χ2n) is 6.36. The molecule has 0 saturated carbocycles. The molecule has 0 unspecified atom stereocenters. The third-order valence-electron chi connectivity index (χ3n) is 4.15. The molecule has 3 aromatic rings. The van der Waals surface area contributed by atoms with Crippen LogP contribution in [0, 0.1) is 0 Å². The summed E-state index contributed by atoms with van der Waals surface area (Å²) < 4.78 is 43.2. The second kappa shape index (κ2) is 14.9. The van der Waals surface area contributed by atoms with E-state index in [4.69, 9.17) is 23.2 Å². The number of fused-ring (bicyclic) bond motifs is 1. The van der Waals surface area contributed by atoms with Crippen LogP contribution in [0.4, 0.5) is 23.7 Å². The number of anilines is 1. The maximum Gasteiger partial charge on any atom is 0.416 e. The summed E-state index contributed by atoms with van der Waals surface area (Å²) in [5.41, 5.74) is -0.915. The normalized spacial score (nSPS) is 10.3. The van der Waals surface area contributed by atoms with Crippen molar-refractivity contribution in [1.29, 1.82) is 0 Å². The Bertz CT molecular complexity index is 1280. The molecule has 0 aliphatic rings. The Morgan fingerprint density at radius 2 is 1.78 bits per heavy atom. The standard InChI is InChI=1S/C19H13ClF3N3O2S.C3H5ClS.C2H6/c1-2-29-25-18(28)24-13-5-6-16(15(20)10-13)26-8-7-11-3-4-12(19(21,22)23)9-14(11)17(26)27;1-3(4)5-2;1-2/h2-10H,1H2,(H2,24,25,28);1H2,2H3;1-2H3. The molecule has 3 rings (SSSR count). The first kappa shape index (κ1) is 31.5. The molecule has 0 aliphatic heterocycles. The van der Waals surface area contributed by atoms with E-state index in [0.29, 0.717) is 15.4 Å².